The summed E-state index contributed by atoms with van der Waals surface area (Å²) in [5.41, 5.74) is 1.42. The third kappa shape index (κ3) is 4.30. The van der Waals surface area contributed by atoms with Crippen molar-refractivity contribution in [3.63, 3.8) is 0 Å². The van der Waals surface area contributed by atoms with E-state index in [2.05, 4.69) is 66.5 Å². The van der Waals surface area contributed by atoms with Gasteiger partial charge in [0.2, 0.25) is 0 Å². The SMILES string of the molecule is CC1CCNCC(CN(C)C)N1Cc1ccccc1. The van der Waals surface area contributed by atoms with Crippen LogP contribution < -0.4 is 5.32 Å². The molecule has 0 spiro atoms. The van der Waals surface area contributed by atoms with E-state index in [1.54, 1.807) is 0 Å². The van der Waals surface area contributed by atoms with E-state index in [0.717, 1.165) is 26.2 Å². The maximum atomic E-state index is 3.58. The monoisotopic (exact) mass is 261 g/mol. The Hall–Kier alpha value is -0.900. The summed E-state index contributed by atoms with van der Waals surface area (Å²) in [6, 6.07) is 12.1. The average Bonchev–Trinajstić information content (AvgIpc) is 2.55. The Balaban J connectivity index is 2.10. The molecule has 0 saturated carbocycles. The highest BCUT2D eigenvalue weighted by Crippen LogP contribution is 2.16. The molecule has 3 heteroatoms. The molecule has 0 amide bonds. The van der Waals surface area contributed by atoms with Crippen LogP contribution in [-0.2, 0) is 6.54 Å². The largest absolute Gasteiger partial charge is 0.315 e. The van der Waals surface area contributed by atoms with Crippen LogP contribution in [0.2, 0.25) is 0 Å². The van der Waals surface area contributed by atoms with Crippen LogP contribution in [-0.4, -0.2) is 55.6 Å². The molecule has 19 heavy (non-hydrogen) atoms. The molecule has 1 aromatic rings. The Bertz CT molecular complexity index is 364. The number of nitrogens with one attached hydrogen (secondary N) is 1. The lowest BCUT2D eigenvalue weighted by Crippen LogP contribution is -2.48. The molecule has 0 radical (unpaired) electrons. The van der Waals surface area contributed by atoms with E-state index >= 15 is 0 Å². The fourth-order valence-corrected chi connectivity index (χ4v) is 2.89. The molecule has 1 aromatic carbocycles. The van der Waals surface area contributed by atoms with Crippen LogP contribution in [0.25, 0.3) is 0 Å². The summed E-state index contributed by atoms with van der Waals surface area (Å²) in [6.07, 6.45) is 1.23. The van der Waals surface area contributed by atoms with E-state index in [4.69, 9.17) is 0 Å². The van der Waals surface area contributed by atoms with Crippen LogP contribution in [0.1, 0.15) is 18.9 Å². The molecule has 1 N–H and O–H groups in total. The van der Waals surface area contributed by atoms with E-state index in [1.807, 2.05) is 0 Å². The molecule has 1 heterocycles. The first-order valence-corrected chi connectivity index (χ1v) is 7.32. The lowest BCUT2D eigenvalue weighted by Gasteiger charge is -2.35. The van der Waals surface area contributed by atoms with Crippen molar-refractivity contribution in [1.82, 2.24) is 15.1 Å². The van der Waals surface area contributed by atoms with Crippen LogP contribution in [0.5, 0.6) is 0 Å². The standard InChI is InChI=1S/C16H27N3/c1-14-9-10-17-11-16(13-18(2)3)19(14)12-15-7-5-4-6-8-15/h4-8,14,16-17H,9-13H2,1-3H3. The van der Waals surface area contributed by atoms with Crippen molar-refractivity contribution in [2.75, 3.05) is 33.7 Å². The van der Waals surface area contributed by atoms with Gasteiger partial charge >= 0.3 is 0 Å². The predicted molar refractivity (Wildman–Crippen MR) is 81.3 cm³/mol. The summed E-state index contributed by atoms with van der Waals surface area (Å²) in [6.45, 7) is 6.76. The minimum absolute atomic E-state index is 0.590. The first kappa shape index (κ1) is 14.5. The van der Waals surface area contributed by atoms with Gasteiger partial charge in [0.15, 0.2) is 0 Å². The Labute approximate surface area is 117 Å². The lowest BCUT2D eigenvalue weighted by atomic mass is 10.1. The van der Waals surface area contributed by atoms with E-state index < -0.39 is 0 Å². The Morgan fingerprint density at radius 3 is 2.68 bits per heavy atom. The smallest absolute Gasteiger partial charge is 0.0354 e. The molecule has 2 unspecified atom stereocenters. The molecule has 2 atom stereocenters. The topological polar surface area (TPSA) is 18.5 Å². The first-order valence-electron chi connectivity index (χ1n) is 7.32. The highest BCUT2D eigenvalue weighted by molar-refractivity contribution is 5.15. The average molecular weight is 261 g/mol. The Kier molecular flexibility index (Phi) is 5.37. The van der Waals surface area contributed by atoms with Gasteiger partial charge in [-0.2, -0.15) is 0 Å². The predicted octanol–water partition coefficient (Wildman–Crippen LogP) is 1.80. The number of hydrogen-bond acceptors (Lipinski definition) is 3. The van der Waals surface area contributed by atoms with Crippen molar-refractivity contribution in [3.8, 4) is 0 Å². The molecule has 1 fully saturated rings. The summed E-state index contributed by atoms with van der Waals surface area (Å²) in [5.74, 6) is 0. The van der Waals surface area contributed by atoms with Gasteiger partial charge in [-0.25, -0.2) is 0 Å². The molecule has 0 bridgehead atoms. The van der Waals surface area contributed by atoms with Gasteiger partial charge in [0.1, 0.15) is 0 Å². The summed E-state index contributed by atoms with van der Waals surface area (Å²) >= 11 is 0. The molecule has 3 nitrogen and oxygen atoms in total. The summed E-state index contributed by atoms with van der Waals surface area (Å²) in [5, 5.41) is 3.58. The van der Waals surface area contributed by atoms with Crippen LogP contribution in [0.15, 0.2) is 30.3 Å². The maximum Gasteiger partial charge on any atom is 0.0354 e. The second-order valence-corrected chi connectivity index (χ2v) is 5.92. The number of hydrogen-bond donors (Lipinski definition) is 1. The molecule has 0 aromatic heterocycles. The van der Waals surface area contributed by atoms with Gasteiger partial charge in [0.05, 0.1) is 0 Å². The molecule has 1 aliphatic heterocycles. The number of rotatable bonds is 4. The van der Waals surface area contributed by atoms with Crippen molar-refractivity contribution in [3.05, 3.63) is 35.9 Å². The fourth-order valence-electron chi connectivity index (χ4n) is 2.89. The van der Waals surface area contributed by atoms with Gasteiger partial charge in [-0.15, -0.1) is 0 Å². The molecular weight excluding hydrogens is 234 g/mol. The van der Waals surface area contributed by atoms with Gasteiger partial charge in [-0.1, -0.05) is 30.3 Å². The Morgan fingerprint density at radius 1 is 1.26 bits per heavy atom. The summed E-state index contributed by atoms with van der Waals surface area (Å²) in [4.78, 5) is 4.96. The molecule has 2 rings (SSSR count). The number of likely N-dealkylation sites (N-methyl/N-ethyl adjacent to an activating group) is 1. The summed E-state index contributed by atoms with van der Waals surface area (Å²) < 4.78 is 0. The highest BCUT2D eigenvalue weighted by Gasteiger charge is 2.26. The van der Waals surface area contributed by atoms with Crippen molar-refractivity contribution >= 4 is 0 Å². The van der Waals surface area contributed by atoms with Gasteiger partial charge in [0, 0.05) is 31.7 Å². The van der Waals surface area contributed by atoms with Crippen molar-refractivity contribution in [2.24, 2.45) is 0 Å². The van der Waals surface area contributed by atoms with E-state index in [1.165, 1.54) is 12.0 Å². The summed E-state index contributed by atoms with van der Waals surface area (Å²) in [7, 11) is 4.33. The normalized spacial score (nSPS) is 25.5. The molecule has 1 aliphatic rings. The van der Waals surface area contributed by atoms with Crippen molar-refractivity contribution < 1.29 is 0 Å². The minimum Gasteiger partial charge on any atom is -0.315 e. The highest BCUT2D eigenvalue weighted by atomic mass is 15.2. The molecule has 106 valence electrons. The fraction of sp³-hybridized carbons (Fsp3) is 0.625. The second kappa shape index (κ2) is 7.04. The molecule has 1 saturated heterocycles. The van der Waals surface area contributed by atoms with Crippen LogP contribution >= 0.6 is 0 Å². The first-order chi connectivity index (χ1) is 9.16. The quantitative estimate of drug-likeness (QED) is 0.891. The van der Waals surface area contributed by atoms with Crippen molar-refractivity contribution in [2.45, 2.75) is 32.0 Å². The third-order valence-corrected chi connectivity index (χ3v) is 3.94. The zero-order chi connectivity index (χ0) is 13.7. The zero-order valence-electron chi connectivity index (χ0n) is 12.5. The van der Waals surface area contributed by atoms with E-state index in [9.17, 15) is 0 Å². The van der Waals surface area contributed by atoms with Gasteiger partial charge < -0.3 is 10.2 Å². The molecule has 0 aliphatic carbocycles. The molecular formula is C16H27N3. The van der Waals surface area contributed by atoms with Gasteiger partial charge in [-0.3, -0.25) is 4.90 Å². The van der Waals surface area contributed by atoms with Gasteiger partial charge in [-0.05, 0) is 39.5 Å². The van der Waals surface area contributed by atoms with Gasteiger partial charge in [0.25, 0.3) is 0 Å². The maximum absolute atomic E-state index is 3.58. The number of nitrogens with zero attached hydrogens (tertiary/aromatic N) is 2. The third-order valence-electron chi connectivity index (χ3n) is 3.94. The minimum atomic E-state index is 0.590. The van der Waals surface area contributed by atoms with Crippen LogP contribution in [0.3, 0.4) is 0 Å². The van der Waals surface area contributed by atoms with Crippen LogP contribution in [0, 0.1) is 0 Å². The van der Waals surface area contributed by atoms with Crippen molar-refractivity contribution in [1.29, 1.82) is 0 Å². The zero-order valence-corrected chi connectivity index (χ0v) is 12.5. The lowest BCUT2D eigenvalue weighted by molar-refractivity contribution is 0.120. The number of benzene rings is 1. The van der Waals surface area contributed by atoms with Crippen LogP contribution in [0.4, 0.5) is 0 Å². The Morgan fingerprint density at radius 2 is 2.00 bits per heavy atom. The second-order valence-electron chi connectivity index (χ2n) is 5.92. The van der Waals surface area contributed by atoms with E-state index in [-0.39, 0.29) is 0 Å². The van der Waals surface area contributed by atoms with E-state index in [0.29, 0.717) is 12.1 Å².